The lowest BCUT2D eigenvalue weighted by molar-refractivity contribution is 0.414. The Morgan fingerprint density at radius 1 is 1.03 bits per heavy atom. The van der Waals surface area contributed by atoms with E-state index in [9.17, 15) is 0 Å². The fraction of sp³-hybridized carbons (Fsp3) is 0.143. The minimum absolute atomic E-state index is 0.605. The van der Waals surface area contributed by atoms with Gasteiger partial charge in [-0.05, 0) is 16.8 Å². The second-order valence-electron chi connectivity index (χ2n) is 6.88. The second-order valence-corrected chi connectivity index (χ2v) is 6.88. The number of hydrogen-bond donors (Lipinski definition) is 1. The number of aromatic nitrogens is 8. The Bertz CT molecular complexity index is 1340. The van der Waals surface area contributed by atoms with Gasteiger partial charge in [0.15, 0.2) is 0 Å². The molecule has 10 nitrogen and oxygen atoms in total. The molecule has 0 saturated heterocycles. The van der Waals surface area contributed by atoms with Crippen LogP contribution in [0, 0.1) is 0 Å². The minimum atomic E-state index is 0.605. The predicted molar refractivity (Wildman–Crippen MR) is 114 cm³/mol. The van der Waals surface area contributed by atoms with Gasteiger partial charge in [0.1, 0.15) is 23.5 Å². The number of methoxy groups -OCH3 is 1. The number of imidazole rings is 1. The van der Waals surface area contributed by atoms with E-state index >= 15 is 0 Å². The Balaban J connectivity index is 1.32. The number of ether oxygens (including phenoxy) is 1. The molecule has 0 bridgehead atoms. The zero-order valence-electron chi connectivity index (χ0n) is 17.0. The van der Waals surface area contributed by atoms with Gasteiger partial charge >= 0.3 is 0 Å². The van der Waals surface area contributed by atoms with E-state index in [1.807, 2.05) is 53.1 Å². The largest absolute Gasteiger partial charge is 0.497 e. The molecule has 5 rings (SSSR count). The van der Waals surface area contributed by atoms with Crippen molar-refractivity contribution in [3.8, 4) is 28.5 Å². The molecule has 10 heteroatoms. The Kier molecular flexibility index (Phi) is 4.71. The molecule has 1 aromatic carbocycles. The predicted octanol–water partition coefficient (Wildman–Crippen LogP) is 2.60. The molecule has 4 aromatic heterocycles. The number of anilines is 1. The van der Waals surface area contributed by atoms with Crippen molar-refractivity contribution in [2.45, 2.75) is 6.54 Å². The molecular weight excluding hydrogens is 394 g/mol. The maximum atomic E-state index is 5.26. The average Bonchev–Trinajstić information content (AvgIpc) is 3.44. The topological polar surface area (TPSA) is 108 Å². The van der Waals surface area contributed by atoms with Gasteiger partial charge in [-0.15, -0.1) is 10.2 Å². The van der Waals surface area contributed by atoms with Crippen LogP contribution in [0.2, 0.25) is 0 Å². The SMILES string of the molecule is COc1ccn2c(-c3cc(NCc4ccc(-c5nnn(C)n5)cc4)ncn3)cnc2c1. The molecule has 0 unspecified atom stereocenters. The molecule has 0 saturated carbocycles. The molecule has 0 aliphatic rings. The molecule has 0 aliphatic carbocycles. The maximum Gasteiger partial charge on any atom is 0.204 e. The first-order valence-corrected chi connectivity index (χ1v) is 9.60. The van der Waals surface area contributed by atoms with Crippen LogP contribution < -0.4 is 10.1 Å². The molecular formula is C21H19N9O. The lowest BCUT2D eigenvalue weighted by atomic mass is 10.1. The zero-order valence-corrected chi connectivity index (χ0v) is 17.0. The van der Waals surface area contributed by atoms with Crippen molar-refractivity contribution in [1.29, 1.82) is 0 Å². The Morgan fingerprint density at radius 3 is 2.68 bits per heavy atom. The third kappa shape index (κ3) is 3.78. The van der Waals surface area contributed by atoms with E-state index in [0.29, 0.717) is 12.4 Å². The van der Waals surface area contributed by atoms with Crippen molar-refractivity contribution in [2.24, 2.45) is 7.05 Å². The number of fused-ring (bicyclic) bond motifs is 1. The molecule has 154 valence electrons. The fourth-order valence-corrected chi connectivity index (χ4v) is 3.24. The highest BCUT2D eigenvalue weighted by Crippen LogP contribution is 2.23. The van der Waals surface area contributed by atoms with Gasteiger partial charge in [0.2, 0.25) is 5.82 Å². The molecule has 31 heavy (non-hydrogen) atoms. The van der Waals surface area contributed by atoms with Gasteiger partial charge < -0.3 is 10.1 Å². The fourth-order valence-electron chi connectivity index (χ4n) is 3.24. The number of benzene rings is 1. The van der Waals surface area contributed by atoms with Crippen molar-refractivity contribution < 1.29 is 4.74 Å². The number of nitrogens with one attached hydrogen (secondary N) is 1. The van der Waals surface area contributed by atoms with Gasteiger partial charge in [0.05, 0.1) is 31.7 Å². The smallest absolute Gasteiger partial charge is 0.204 e. The van der Waals surface area contributed by atoms with Crippen LogP contribution in [0.3, 0.4) is 0 Å². The third-order valence-corrected chi connectivity index (χ3v) is 4.84. The number of aryl methyl sites for hydroxylation is 1. The summed E-state index contributed by atoms with van der Waals surface area (Å²) < 4.78 is 7.23. The molecule has 0 aliphatic heterocycles. The lowest BCUT2D eigenvalue weighted by Crippen LogP contribution is -2.02. The van der Waals surface area contributed by atoms with Crippen LogP contribution in [0.5, 0.6) is 5.75 Å². The number of hydrogen-bond acceptors (Lipinski definition) is 8. The highest BCUT2D eigenvalue weighted by molar-refractivity contribution is 5.63. The highest BCUT2D eigenvalue weighted by atomic mass is 16.5. The van der Waals surface area contributed by atoms with Crippen LogP contribution in [0.15, 0.2) is 61.2 Å². The van der Waals surface area contributed by atoms with Gasteiger partial charge in [0.25, 0.3) is 0 Å². The maximum absolute atomic E-state index is 5.26. The van der Waals surface area contributed by atoms with Gasteiger partial charge in [-0.3, -0.25) is 4.40 Å². The second kappa shape index (κ2) is 7.82. The van der Waals surface area contributed by atoms with E-state index in [1.165, 1.54) is 4.80 Å². The summed E-state index contributed by atoms with van der Waals surface area (Å²) in [7, 11) is 3.38. The van der Waals surface area contributed by atoms with E-state index < -0.39 is 0 Å². The van der Waals surface area contributed by atoms with Crippen LogP contribution in [-0.2, 0) is 13.6 Å². The first-order valence-electron chi connectivity index (χ1n) is 9.60. The van der Waals surface area contributed by atoms with E-state index in [0.717, 1.165) is 39.7 Å². The first-order chi connectivity index (χ1) is 15.2. The molecule has 0 atom stereocenters. The molecule has 4 heterocycles. The third-order valence-electron chi connectivity index (χ3n) is 4.84. The van der Waals surface area contributed by atoms with Gasteiger partial charge in [-0.25, -0.2) is 15.0 Å². The first kappa shape index (κ1) is 18.7. The Hall–Kier alpha value is -4.34. The summed E-state index contributed by atoms with van der Waals surface area (Å²) in [4.78, 5) is 14.6. The summed E-state index contributed by atoms with van der Waals surface area (Å²) in [5.41, 5.74) is 4.48. The van der Waals surface area contributed by atoms with Crippen molar-refractivity contribution >= 4 is 11.5 Å². The monoisotopic (exact) mass is 413 g/mol. The van der Waals surface area contributed by atoms with Crippen LogP contribution in [0.4, 0.5) is 5.82 Å². The molecule has 1 N–H and O–H groups in total. The van der Waals surface area contributed by atoms with Crippen LogP contribution in [0.1, 0.15) is 5.56 Å². The molecule has 0 radical (unpaired) electrons. The summed E-state index contributed by atoms with van der Waals surface area (Å²) in [6, 6.07) is 13.7. The van der Waals surface area contributed by atoms with Gasteiger partial charge in [0, 0.05) is 30.4 Å². The van der Waals surface area contributed by atoms with Crippen molar-refractivity contribution in [3.05, 3.63) is 66.7 Å². The zero-order chi connectivity index (χ0) is 21.2. The van der Waals surface area contributed by atoms with Crippen molar-refractivity contribution in [3.63, 3.8) is 0 Å². The molecule has 0 amide bonds. The number of tetrazole rings is 1. The van der Waals surface area contributed by atoms with Crippen molar-refractivity contribution in [1.82, 2.24) is 39.6 Å². The summed E-state index contributed by atoms with van der Waals surface area (Å²) in [5, 5.41) is 15.5. The lowest BCUT2D eigenvalue weighted by Gasteiger charge is -2.08. The van der Waals surface area contributed by atoms with E-state index in [1.54, 1.807) is 26.7 Å². The average molecular weight is 413 g/mol. The quantitative estimate of drug-likeness (QED) is 0.453. The van der Waals surface area contributed by atoms with Crippen molar-refractivity contribution in [2.75, 3.05) is 12.4 Å². The van der Waals surface area contributed by atoms with E-state index in [4.69, 9.17) is 4.74 Å². The van der Waals surface area contributed by atoms with E-state index in [-0.39, 0.29) is 0 Å². The number of rotatable bonds is 6. The van der Waals surface area contributed by atoms with Crippen LogP contribution in [-0.4, -0.2) is 46.7 Å². The highest BCUT2D eigenvalue weighted by Gasteiger charge is 2.10. The molecule has 0 fully saturated rings. The van der Waals surface area contributed by atoms with Gasteiger partial charge in [-0.2, -0.15) is 4.80 Å². The summed E-state index contributed by atoms with van der Waals surface area (Å²) >= 11 is 0. The van der Waals surface area contributed by atoms with Crippen LogP contribution in [0.25, 0.3) is 28.4 Å². The molecule has 0 spiro atoms. The van der Waals surface area contributed by atoms with E-state index in [2.05, 4.69) is 35.7 Å². The number of nitrogens with zero attached hydrogens (tertiary/aromatic N) is 8. The number of pyridine rings is 1. The summed E-state index contributed by atoms with van der Waals surface area (Å²) in [5.74, 6) is 2.09. The van der Waals surface area contributed by atoms with Crippen LogP contribution >= 0.6 is 0 Å². The van der Waals surface area contributed by atoms with Gasteiger partial charge in [-0.1, -0.05) is 24.3 Å². The Labute approximate surface area is 177 Å². The normalized spacial score (nSPS) is 11.0. The molecule has 5 aromatic rings. The standard InChI is InChI=1S/C21H19N9O/c1-29-27-21(26-28-29)15-5-3-14(4-6-15)11-22-19-10-17(24-13-25-19)18-12-23-20-9-16(31-2)7-8-30(18)20/h3-10,12-13H,11H2,1-2H3,(H,22,24,25). The summed E-state index contributed by atoms with van der Waals surface area (Å²) in [6.07, 6.45) is 5.25. The summed E-state index contributed by atoms with van der Waals surface area (Å²) in [6.45, 7) is 0.620. The minimum Gasteiger partial charge on any atom is -0.497 e. The Morgan fingerprint density at radius 2 is 1.90 bits per heavy atom.